The van der Waals surface area contributed by atoms with Crippen LogP contribution in [0.4, 0.5) is 0 Å². The van der Waals surface area contributed by atoms with Crippen molar-refractivity contribution in [2.45, 2.75) is 27.3 Å². The van der Waals surface area contributed by atoms with E-state index >= 15 is 0 Å². The first-order valence-corrected chi connectivity index (χ1v) is 6.89. The molecule has 0 aliphatic heterocycles. The molecule has 0 fully saturated rings. The molecule has 1 aromatic heterocycles. The number of amides is 1. The Bertz CT molecular complexity index is 675. The molecule has 1 aromatic carbocycles. The predicted molar refractivity (Wildman–Crippen MR) is 79.3 cm³/mol. The number of para-hydroxylation sites is 1. The Morgan fingerprint density at radius 1 is 1.30 bits per heavy atom. The molecule has 0 saturated carbocycles. The van der Waals surface area contributed by atoms with Gasteiger partial charge in [-0.2, -0.15) is 5.26 Å². The van der Waals surface area contributed by atoms with Gasteiger partial charge < -0.3 is 9.47 Å². The standard InChI is InChI=1S/C16H19N3O/c1-4-18(5-2)16(20)11-19-12(3)14(10-17)13-8-6-7-9-15(13)19/h6-9H,4-5,11H2,1-3H3. The fraction of sp³-hybridized carbons (Fsp3) is 0.375. The Kier molecular flexibility index (Phi) is 4.09. The summed E-state index contributed by atoms with van der Waals surface area (Å²) in [6, 6.07) is 9.98. The fourth-order valence-corrected chi connectivity index (χ4v) is 2.59. The lowest BCUT2D eigenvalue weighted by Crippen LogP contribution is -2.33. The van der Waals surface area contributed by atoms with E-state index in [1.807, 2.05) is 49.6 Å². The highest BCUT2D eigenvalue weighted by Crippen LogP contribution is 2.25. The average Bonchev–Trinajstić information content (AvgIpc) is 2.73. The van der Waals surface area contributed by atoms with Crippen LogP contribution in [0.5, 0.6) is 0 Å². The Labute approximate surface area is 119 Å². The van der Waals surface area contributed by atoms with Crippen molar-refractivity contribution in [3.05, 3.63) is 35.5 Å². The van der Waals surface area contributed by atoms with Gasteiger partial charge in [0.15, 0.2) is 0 Å². The summed E-state index contributed by atoms with van der Waals surface area (Å²) in [7, 11) is 0. The van der Waals surface area contributed by atoms with Gasteiger partial charge in [0.1, 0.15) is 12.6 Å². The van der Waals surface area contributed by atoms with Crippen molar-refractivity contribution in [2.24, 2.45) is 0 Å². The van der Waals surface area contributed by atoms with Gasteiger partial charge in [0, 0.05) is 24.2 Å². The summed E-state index contributed by atoms with van der Waals surface area (Å²) in [6.45, 7) is 7.55. The molecule has 1 amide bonds. The molecule has 0 spiro atoms. The molecule has 0 aliphatic rings. The maximum Gasteiger partial charge on any atom is 0.242 e. The first kappa shape index (κ1) is 14.1. The molecule has 0 aliphatic carbocycles. The third kappa shape index (κ3) is 2.27. The summed E-state index contributed by atoms with van der Waals surface area (Å²) in [4.78, 5) is 14.1. The summed E-state index contributed by atoms with van der Waals surface area (Å²) in [5.74, 6) is 0.0864. The van der Waals surface area contributed by atoms with Gasteiger partial charge in [-0.15, -0.1) is 0 Å². The van der Waals surface area contributed by atoms with E-state index in [-0.39, 0.29) is 12.5 Å². The van der Waals surface area contributed by atoms with Crippen LogP contribution in [0, 0.1) is 18.3 Å². The summed E-state index contributed by atoms with van der Waals surface area (Å²) < 4.78 is 1.94. The van der Waals surface area contributed by atoms with Crippen LogP contribution in [0.2, 0.25) is 0 Å². The lowest BCUT2D eigenvalue weighted by molar-refractivity contribution is -0.131. The van der Waals surface area contributed by atoms with Gasteiger partial charge in [0.2, 0.25) is 5.91 Å². The summed E-state index contributed by atoms with van der Waals surface area (Å²) in [5.41, 5.74) is 2.46. The zero-order valence-corrected chi connectivity index (χ0v) is 12.2. The number of carbonyl (C=O) groups is 1. The third-order valence-corrected chi connectivity index (χ3v) is 3.75. The van der Waals surface area contributed by atoms with Gasteiger partial charge in [0.25, 0.3) is 0 Å². The largest absolute Gasteiger partial charge is 0.342 e. The average molecular weight is 269 g/mol. The van der Waals surface area contributed by atoms with Gasteiger partial charge in [-0.1, -0.05) is 18.2 Å². The first-order chi connectivity index (χ1) is 9.63. The number of benzene rings is 1. The van der Waals surface area contributed by atoms with E-state index < -0.39 is 0 Å². The molecule has 0 N–H and O–H groups in total. The lowest BCUT2D eigenvalue weighted by Gasteiger charge is -2.19. The number of hydrogen-bond acceptors (Lipinski definition) is 2. The van der Waals surface area contributed by atoms with Gasteiger partial charge >= 0.3 is 0 Å². The molecule has 4 heteroatoms. The highest BCUT2D eigenvalue weighted by molar-refractivity contribution is 5.89. The molecule has 2 rings (SSSR count). The molecule has 0 unspecified atom stereocenters. The van der Waals surface area contributed by atoms with Gasteiger partial charge in [0.05, 0.1) is 11.1 Å². The number of aromatic nitrogens is 1. The first-order valence-electron chi connectivity index (χ1n) is 6.89. The summed E-state index contributed by atoms with van der Waals surface area (Å²) in [6.07, 6.45) is 0. The summed E-state index contributed by atoms with van der Waals surface area (Å²) in [5, 5.41) is 10.2. The maximum atomic E-state index is 12.3. The zero-order chi connectivity index (χ0) is 14.7. The number of nitriles is 1. The normalized spacial score (nSPS) is 10.5. The summed E-state index contributed by atoms with van der Waals surface area (Å²) >= 11 is 0. The van der Waals surface area contributed by atoms with Crippen molar-refractivity contribution >= 4 is 16.8 Å². The van der Waals surface area contributed by atoms with Crippen LogP contribution in [0.25, 0.3) is 10.9 Å². The molecule has 0 saturated heterocycles. The van der Waals surface area contributed by atoms with Gasteiger partial charge in [-0.25, -0.2) is 0 Å². The second kappa shape index (κ2) is 5.79. The molecular formula is C16H19N3O. The van der Waals surface area contributed by atoms with Crippen molar-refractivity contribution < 1.29 is 4.79 Å². The number of nitrogens with zero attached hydrogens (tertiary/aromatic N) is 3. The molecule has 20 heavy (non-hydrogen) atoms. The van der Waals surface area contributed by atoms with Crippen molar-refractivity contribution in [1.29, 1.82) is 5.26 Å². The van der Waals surface area contributed by atoms with Crippen LogP contribution in [0.15, 0.2) is 24.3 Å². The van der Waals surface area contributed by atoms with E-state index in [0.29, 0.717) is 18.7 Å². The van der Waals surface area contributed by atoms with Crippen LogP contribution >= 0.6 is 0 Å². The number of hydrogen-bond donors (Lipinski definition) is 0. The molecule has 4 nitrogen and oxygen atoms in total. The highest BCUT2D eigenvalue weighted by atomic mass is 16.2. The van der Waals surface area contributed by atoms with E-state index in [0.717, 1.165) is 16.6 Å². The number of rotatable bonds is 4. The van der Waals surface area contributed by atoms with Crippen LogP contribution in [0.1, 0.15) is 25.1 Å². The van der Waals surface area contributed by atoms with Gasteiger partial charge in [-0.3, -0.25) is 4.79 Å². The maximum absolute atomic E-state index is 12.3. The van der Waals surface area contributed by atoms with Crippen LogP contribution in [-0.4, -0.2) is 28.5 Å². The molecule has 0 bridgehead atoms. The highest BCUT2D eigenvalue weighted by Gasteiger charge is 2.17. The molecule has 2 aromatic rings. The number of fused-ring (bicyclic) bond motifs is 1. The van der Waals surface area contributed by atoms with Crippen molar-refractivity contribution in [2.75, 3.05) is 13.1 Å². The molecule has 1 heterocycles. The minimum atomic E-state index is 0.0864. The molecular weight excluding hydrogens is 250 g/mol. The SMILES string of the molecule is CCN(CC)C(=O)Cn1c(C)c(C#N)c2ccccc21. The molecule has 0 atom stereocenters. The zero-order valence-electron chi connectivity index (χ0n) is 12.2. The van der Waals surface area contributed by atoms with E-state index in [2.05, 4.69) is 6.07 Å². The minimum absolute atomic E-state index is 0.0864. The number of likely N-dealkylation sites (N-methyl/N-ethyl adjacent to an activating group) is 1. The van der Waals surface area contributed by atoms with Crippen LogP contribution < -0.4 is 0 Å². The van der Waals surface area contributed by atoms with Crippen LogP contribution in [0.3, 0.4) is 0 Å². The number of carbonyl (C=O) groups excluding carboxylic acids is 1. The predicted octanol–water partition coefficient (Wildman–Crippen LogP) is 2.69. The Morgan fingerprint density at radius 3 is 2.55 bits per heavy atom. The van der Waals surface area contributed by atoms with E-state index in [1.54, 1.807) is 4.90 Å². The van der Waals surface area contributed by atoms with Crippen molar-refractivity contribution in [1.82, 2.24) is 9.47 Å². The smallest absolute Gasteiger partial charge is 0.242 e. The van der Waals surface area contributed by atoms with Crippen molar-refractivity contribution in [3.8, 4) is 6.07 Å². The van der Waals surface area contributed by atoms with Crippen LogP contribution in [-0.2, 0) is 11.3 Å². The minimum Gasteiger partial charge on any atom is -0.342 e. The second-order valence-corrected chi connectivity index (χ2v) is 4.74. The fourth-order valence-electron chi connectivity index (χ4n) is 2.59. The molecule has 104 valence electrons. The van der Waals surface area contributed by atoms with E-state index in [1.165, 1.54) is 0 Å². The molecule has 0 radical (unpaired) electrons. The Morgan fingerprint density at radius 2 is 1.95 bits per heavy atom. The topological polar surface area (TPSA) is 49.0 Å². The van der Waals surface area contributed by atoms with E-state index in [9.17, 15) is 10.1 Å². The lowest BCUT2D eigenvalue weighted by atomic mass is 10.1. The van der Waals surface area contributed by atoms with Crippen molar-refractivity contribution in [3.63, 3.8) is 0 Å². The monoisotopic (exact) mass is 269 g/mol. The Hall–Kier alpha value is -2.28. The van der Waals surface area contributed by atoms with Gasteiger partial charge in [-0.05, 0) is 26.8 Å². The second-order valence-electron chi connectivity index (χ2n) is 4.74. The van der Waals surface area contributed by atoms with E-state index in [4.69, 9.17) is 0 Å². The Balaban J connectivity index is 2.48. The third-order valence-electron chi connectivity index (χ3n) is 3.75. The quantitative estimate of drug-likeness (QED) is 0.856.